The first kappa shape index (κ1) is 10.0. The molecule has 0 aromatic carbocycles. The average Bonchev–Trinajstić information content (AvgIpc) is 2.19. The topological polar surface area (TPSA) is 16.1 Å². The summed E-state index contributed by atoms with van der Waals surface area (Å²) in [6.45, 7) is 7.58. The normalized spacial score (nSPS) is 10.1. The second-order valence-corrected chi connectivity index (χ2v) is 3.08. The van der Waals surface area contributed by atoms with Crippen molar-refractivity contribution in [2.24, 2.45) is 0 Å². The molecular weight excluding hydrogens is 160 g/mol. The number of nitrogens with zero attached hydrogens (tertiary/aromatic N) is 2. The zero-order valence-electron chi connectivity index (χ0n) is 8.38. The fraction of sp³-hybridized carbons (Fsp3) is 0.545. The number of hydrogen-bond donors (Lipinski definition) is 0. The van der Waals surface area contributed by atoms with Gasteiger partial charge in [-0.15, -0.1) is 0 Å². The Balaban J connectivity index is 2.46. The van der Waals surface area contributed by atoms with Gasteiger partial charge in [0.2, 0.25) is 0 Å². The van der Waals surface area contributed by atoms with Gasteiger partial charge in [0.05, 0.1) is 0 Å². The molecule has 0 saturated carbocycles. The van der Waals surface area contributed by atoms with E-state index in [9.17, 15) is 0 Å². The van der Waals surface area contributed by atoms with Gasteiger partial charge in [0.25, 0.3) is 0 Å². The van der Waals surface area contributed by atoms with Crippen LogP contribution in [-0.2, 0) is 6.54 Å². The molecular formula is C11H16N2. The maximum atomic E-state index is 3.83. The molecule has 0 saturated heterocycles. The van der Waals surface area contributed by atoms with Crippen LogP contribution in [0, 0.1) is 12.3 Å². The smallest absolute Gasteiger partial charge is 0.0388 e. The van der Waals surface area contributed by atoms with Crippen molar-refractivity contribution in [2.45, 2.75) is 26.8 Å². The summed E-state index contributed by atoms with van der Waals surface area (Å²) in [4.78, 5) is 6.21. The predicted octanol–water partition coefficient (Wildman–Crippen LogP) is 1.91. The van der Waals surface area contributed by atoms with Gasteiger partial charge in [-0.3, -0.25) is 4.90 Å². The third kappa shape index (κ3) is 3.43. The van der Waals surface area contributed by atoms with E-state index in [2.05, 4.69) is 36.0 Å². The standard InChI is InChI=1S/C11H16N2/c1-3-9-13(4-2)10-11-5-7-12-8-6-11/h5,7H,3-4,9-10H2,1-2H3. The number of aromatic nitrogens is 1. The van der Waals surface area contributed by atoms with Gasteiger partial charge in [-0.25, -0.2) is 4.98 Å². The van der Waals surface area contributed by atoms with Crippen LogP contribution in [0.15, 0.2) is 12.3 Å². The first-order chi connectivity index (χ1) is 6.36. The zero-order chi connectivity index (χ0) is 9.52. The molecule has 13 heavy (non-hydrogen) atoms. The molecule has 1 aromatic rings. The summed E-state index contributed by atoms with van der Waals surface area (Å²) in [5.41, 5.74) is 1.17. The van der Waals surface area contributed by atoms with Crippen LogP contribution >= 0.6 is 0 Å². The van der Waals surface area contributed by atoms with Crippen molar-refractivity contribution in [3.05, 3.63) is 30.1 Å². The Bertz CT molecular complexity index is 221. The van der Waals surface area contributed by atoms with Crippen LogP contribution in [0.4, 0.5) is 0 Å². The molecule has 1 heterocycles. The molecule has 1 rings (SSSR count). The lowest BCUT2D eigenvalue weighted by Crippen LogP contribution is -2.23. The molecule has 70 valence electrons. The maximum absolute atomic E-state index is 3.83. The molecule has 0 fully saturated rings. The highest BCUT2D eigenvalue weighted by molar-refractivity contribution is 5.03. The first-order valence-electron chi connectivity index (χ1n) is 4.82. The quantitative estimate of drug-likeness (QED) is 0.681. The molecule has 2 heteroatoms. The number of hydrogen-bond acceptors (Lipinski definition) is 2. The Kier molecular flexibility index (Phi) is 4.28. The Labute approximate surface area is 80.6 Å². The second kappa shape index (κ2) is 5.55. The van der Waals surface area contributed by atoms with Crippen LogP contribution in [0.5, 0.6) is 0 Å². The minimum atomic E-state index is 0.962. The summed E-state index contributed by atoms with van der Waals surface area (Å²) in [6.07, 6.45) is 5.70. The minimum Gasteiger partial charge on any atom is -0.299 e. The van der Waals surface area contributed by atoms with Crippen LogP contribution in [-0.4, -0.2) is 23.0 Å². The van der Waals surface area contributed by atoms with Gasteiger partial charge >= 0.3 is 0 Å². The molecule has 0 bridgehead atoms. The zero-order valence-corrected chi connectivity index (χ0v) is 8.38. The summed E-state index contributed by atoms with van der Waals surface area (Å²) in [6, 6.07) is 5.01. The predicted molar refractivity (Wildman–Crippen MR) is 53.2 cm³/mol. The first-order valence-corrected chi connectivity index (χ1v) is 4.82. The molecule has 0 radical (unpaired) electrons. The molecule has 0 amide bonds. The van der Waals surface area contributed by atoms with Gasteiger partial charge in [-0.2, -0.15) is 0 Å². The van der Waals surface area contributed by atoms with Crippen molar-refractivity contribution in [3.63, 3.8) is 0 Å². The van der Waals surface area contributed by atoms with E-state index < -0.39 is 0 Å². The number of rotatable bonds is 5. The van der Waals surface area contributed by atoms with Gasteiger partial charge < -0.3 is 0 Å². The van der Waals surface area contributed by atoms with Gasteiger partial charge in [0.15, 0.2) is 0 Å². The minimum absolute atomic E-state index is 0.962. The van der Waals surface area contributed by atoms with Crippen molar-refractivity contribution < 1.29 is 0 Å². The molecule has 0 aliphatic carbocycles. The lowest BCUT2D eigenvalue weighted by atomic mass is 10.2. The summed E-state index contributed by atoms with van der Waals surface area (Å²) >= 11 is 0. The van der Waals surface area contributed by atoms with Crippen molar-refractivity contribution in [1.29, 1.82) is 0 Å². The van der Waals surface area contributed by atoms with E-state index in [4.69, 9.17) is 0 Å². The molecule has 1 aromatic heterocycles. The maximum Gasteiger partial charge on any atom is 0.0388 e. The van der Waals surface area contributed by atoms with Crippen molar-refractivity contribution in [1.82, 2.24) is 9.88 Å². The molecule has 0 spiro atoms. The van der Waals surface area contributed by atoms with E-state index in [1.54, 1.807) is 6.20 Å². The highest BCUT2D eigenvalue weighted by atomic mass is 15.1. The molecule has 0 unspecified atom stereocenters. The second-order valence-electron chi connectivity index (χ2n) is 3.08. The highest BCUT2D eigenvalue weighted by Gasteiger charge is 2.00. The third-order valence-corrected chi connectivity index (χ3v) is 2.01. The van der Waals surface area contributed by atoms with Crippen LogP contribution in [0.1, 0.15) is 25.8 Å². The van der Waals surface area contributed by atoms with Crippen LogP contribution in [0.25, 0.3) is 0 Å². The summed E-state index contributed by atoms with van der Waals surface area (Å²) in [7, 11) is 0. The van der Waals surface area contributed by atoms with Crippen LogP contribution in [0.3, 0.4) is 0 Å². The summed E-state index contributed by atoms with van der Waals surface area (Å²) in [5, 5.41) is 0. The Morgan fingerprint density at radius 3 is 2.85 bits per heavy atom. The van der Waals surface area contributed by atoms with E-state index in [1.165, 1.54) is 12.0 Å². The fourth-order valence-corrected chi connectivity index (χ4v) is 1.31. The lowest BCUT2D eigenvalue weighted by molar-refractivity contribution is 0.280. The molecule has 2 nitrogen and oxygen atoms in total. The van der Waals surface area contributed by atoms with Gasteiger partial charge in [-0.1, -0.05) is 13.8 Å². The van der Waals surface area contributed by atoms with E-state index in [1.807, 2.05) is 6.07 Å². The van der Waals surface area contributed by atoms with Gasteiger partial charge in [0.1, 0.15) is 0 Å². The molecule has 0 aliphatic rings. The highest BCUT2D eigenvalue weighted by Crippen LogP contribution is 2.00. The molecule has 0 N–H and O–H groups in total. The van der Waals surface area contributed by atoms with E-state index in [-0.39, 0.29) is 0 Å². The molecule has 0 atom stereocenters. The Morgan fingerprint density at radius 1 is 1.46 bits per heavy atom. The van der Waals surface area contributed by atoms with Crippen LogP contribution < -0.4 is 0 Å². The monoisotopic (exact) mass is 176 g/mol. The van der Waals surface area contributed by atoms with Crippen LogP contribution in [0.2, 0.25) is 0 Å². The van der Waals surface area contributed by atoms with E-state index >= 15 is 0 Å². The Hall–Kier alpha value is -1.07. The van der Waals surface area contributed by atoms with E-state index in [0.717, 1.165) is 19.6 Å². The van der Waals surface area contributed by atoms with Gasteiger partial charge in [-0.05, 0) is 31.6 Å². The fourth-order valence-electron chi connectivity index (χ4n) is 1.31. The largest absolute Gasteiger partial charge is 0.299 e. The van der Waals surface area contributed by atoms with Crippen molar-refractivity contribution >= 4 is 0 Å². The Morgan fingerprint density at radius 2 is 2.31 bits per heavy atom. The summed E-state index contributed by atoms with van der Waals surface area (Å²) < 4.78 is 0. The van der Waals surface area contributed by atoms with Gasteiger partial charge in [0, 0.05) is 24.5 Å². The third-order valence-electron chi connectivity index (χ3n) is 2.01. The summed E-state index contributed by atoms with van der Waals surface area (Å²) in [5.74, 6) is 0. The average molecular weight is 176 g/mol. The van der Waals surface area contributed by atoms with Crippen molar-refractivity contribution in [3.8, 4) is 0 Å². The SMILES string of the molecule is CCCN(CC)Cc1c#cncc1. The van der Waals surface area contributed by atoms with E-state index in [0.29, 0.717) is 0 Å². The lowest BCUT2D eigenvalue weighted by Gasteiger charge is -2.18. The molecule has 0 aliphatic heterocycles. The van der Waals surface area contributed by atoms with Crippen molar-refractivity contribution in [2.75, 3.05) is 13.1 Å².